The quantitative estimate of drug-likeness (QED) is 0.336. The predicted octanol–water partition coefficient (Wildman–Crippen LogP) is 4.02. The van der Waals surface area contributed by atoms with Gasteiger partial charge in [0.25, 0.3) is 0 Å². The Morgan fingerprint density at radius 1 is 1.06 bits per heavy atom. The van der Waals surface area contributed by atoms with E-state index < -0.39 is 0 Å². The van der Waals surface area contributed by atoms with E-state index in [1.54, 1.807) is 0 Å². The molecule has 0 unspecified atom stereocenters. The highest BCUT2D eigenvalue weighted by Gasteiger charge is 1.90. The van der Waals surface area contributed by atoms with E-state index in [4.69, 9.17) is 4.74 Å². The highest BCUT2D eigenvalue weighted by molar-refractivity contribution is 5.65. The molecule has 0 aliphatic heterocycles. The SMILES string of the molecule is CCCC/C=C\C=C\CCCCOC(C)=O. The van der Waals surface area contributed by atoms with Crippen LogP contribution in [0.4, 0.5) is 0 Å². The molecule has 0 N–H and O–H groups in total. The van der Waals surface area contributed by atoms with E-state index in [9.17, 15) is 4.79 Å². The number of hydrogen-bond donors (Lipinski definition) is 0. The van der Waals surface area contributed by atoms with Gasteiger partial charge in [0.2, 0.25) is 0 Å². The van der Waals surface area contributed by atoms with Crippen LogP contribution in [0.25, 0.3) is 0 Å². The van der Waals surface area contributed by atoms with Crippen LogP contribution in [0, 0.1) is 0 Å². The molecular formula is C14H24O2. The van der Waals surface area contributed by atoms with Crippen molar-refractivity contribution < 1.29 is 9.53 Å². The summed E-state index contributed by atoms with van der Waals surface area (Å²) in [4.78, 5) is 10.5. The smallest absolute Gasteiger partial charge is 0.302 e. The number of carbonyl (C=O) groups excluding carboxylic acids is 1. The first-order chi connectivity index (χ1) is 7.77. The number of rotatable bonds is 9. The molecule has 0 aliphatic carbocycles. The number of ether oxygens (including phenoxy) is 1. The van der Waals surface area contributed by atoms with E-state index in [2.05, 4.69) is 31.2 Å². The first-order valence-electron chi connectivity index (χ1n) is 6.22. The molecule has 92 valence electrons. The van der Waals surface area contributed by atoms with Gasteiger partial charge in [0.15, 0.2) is 0 Å². The molecular weight excluding hydrogens is 200 g/mol. The molecule has 0 amide bonds. The maximum absolute atomic E-state index is 10.5. The zero-order chi connectivity index (χ0) is 12.1. The van der Waals surface area contributed by atoms with Crippen LogP contribution in [-0.2, 0) is 9.53 Å². The Morgan fingerprint density at radius 3 is 2.25 bits per heavy atom. The van der Waals surface area contributed by atoms with Crippen molar-refractivity contribution >= 4 is 5.97 Å². The van der Waals surface area contributed by atoms with Crippen molar-refractivity contribution in [1.29, 1.82) is 0 Å². The van der Waals surface area contributed by atoms with Gasteiger partial charge in [-0.2, -0.15) is 0 Å². The molecule has 0 heterocycles. The normalized spacial score (nSPS) is 11.4. The third-order valence-corrected chi connectivity index (χ3v) is 2.18. The second-order valence-electron chi connectivity index (χ2n) is 3.83. The fourth-order valence-corrected chi connectivity index (χ4v) is 1.25. The molecule has 0 spiro atoms. The van der Waals surface area contributed by atoms with Gasteiger partial charge in [-0.15, -0.1) is 0 Å². The van der Waals surface area contributed by atoms with Crippen molar-refractivity contribution in [3.05, 3.63) is 24.3 Å². The minimum absolute atomic E-state index is 0.186. The molecule has 0 aliphatic rings. The summed E-state index contributed by atoms with van der Waals surface area (Å²) in [5, 5.41) is 0. The molecule has 2 nitrogen and oxygen atoms in total. The molecule has 0 bridgehead atoms. The number of hydrogen-bond acceptors (Lipinski definition) is 2. The summed E-state index contributed by atoms with van der Waals surface area (Å²) in [6.07, 6.45) is 15.4. The highest BCUT2D eigenvalue weighted by Crippen LogP contribution is 1.99. The maximum atomic E-state index is 10.5. The molecule has 0 rings (SSSR count). The molecule has 0 radical (unpaired) electrons. The van der Waals surface area contributed by atoms with Crippen LogP contribution in [0.15, 0.2) is 24.3 Å². The van der Waals surface area contributed by atoms with Crippen molar-refractivity contribution in [2.75, 3.05) is 6.61 Å². The summed E-state index contributed by atoms with van der Waals surface area (Å²) < 4.78 is 4.84. The van der Waals surface area contributed by atoms with Crippen LogP contribution in [0.1, 0.15) is 52.4 Å². The Bertz CT molecular complexity index is 217. The summed E-state index contributed by atoms with van der Waals surface area (Å²) in [6.45, 7) is 4.20. The fourth-order valence-electron chi connectivity index (χ4n) is 1.25. The van der Waals surface area contributed by atoms with E-state index in [1.807, 2.05) is 0 Å². The van der Waals surface area contributed by atoms with E-state index >= 15 is 0 Å². The summed E-state index contributed by atoms with van der Waals surface area (Å²) in [5.74, 6) is -0.186. The Labute approximate surface area is 99.4 Å². The second-order valence-corrected chi connectivity index (χ2v) is 3.83. The molecule has 0 saturated heterocycles. The molecule has 16 heavy (non-hydrogen) atoms. The maximum Gasteiger partial charge on any atom is 0.302 e. The zero-order valence-electron chi connectivity index (χ0n) is 10.6. The van der Waals surface area contributed by atoms with Crippen LogP contribution in [0.3, 0.4) is 0 Å². The standard InChI is InChI=1S/C14H24O2/c1-3-4-5-6-7-8-9-10-11-12-13-16-14(2)15/h6-9H,3-5,10-13H2,1-2H3/b7-6-,9-8+. The molecule has 2 heteroatoms. The number of allylic oxidation sites excluding steroid dienone is 4. The second kappa shape index (κ2) is 12.0. The van der Waals surface area contributed by atoms with E-state index in [-0.39, 0.29) is 5.97 Å². The Balaban J connectivity index is 3.21. The number of carbonyl (C=O) groups is 1. The van der Waals surface area contributed by atoms with Gasteiger partial charge in [0, 0.05) is 6.92 Å². The van der Waals surface area contributed by atoms with Gasteiger partial charge in [-0.05, 0) is 25.7 Å². The summed E-state index contributed by atoms with van der Waals surface area (Å²) in [7, 11) is 0. The minimum atomic E-state index is -0.186. The lowest BCUT2D eigenvalue weighted by Gasteiger charge is -1.98. The van der Waals surface area contributed by atoms with Crippen LogP contribution in [0.5, 0.6) is 0 Å². The average Bonchev–Trinajstić information content (AvgIpc) is 2.25. The monoisotopic (exact) mass is 224 g/mol. The largest absolute Gasteiger partial charge is 0.466 e. The summed E-state index contributed by atoms with van der Waals surface area (Å²) in [6, 6.07) is 0. The Morgan fingerprint density at radius 2 is 1.69 bits per heavy atom. The fraction of sp³-hybridized carbons (Fsp3) is 0.643. The highest BCUT2D eigenvalue weighted by atomic mass is 16.5. The third kappa shape index (κ3) is 12.9. The van der Waals surface area contributed by atoms with Crippen LogP contribution < -0.4 is 0 Å². The first-order valence-corrected chi connectivity index (χ1v) is 6.22. The molecule has 0 saturated carbocycles. The number of esters is 1. The van der Waals surface area contributed by atoms with Gasteiger partial charge >= 0.3 is 5.97 Å². The van der Waals surface area contributed by atoms with E-state index in [0.717, 1.165) is 19.3 Å². The average molecular weight is 224 g/mol. The third-order valence-electron chi connectivity index (χ3n) is 2.18. The van der Waals surface area contributed by atoms with Crippen LogP contribution in [-0.4, -0.2) is 12.6 Å². The van der Waals surface area contributed by atoms with Crippen molar-refractivity contribution in [1.82, 2.24) is 0 Å². The summed E-state index contributed by atoms with van der Waals surface area (Å²) >= 11 is 0. The molecule has 0 aromatic heterocycles. The number of unbranched alkanes of at least 4 members (excludes halogenated alkanes) is 4. The van der Waals surface area contributed by atoms with E-state index in [1.165, 1.54) is 26.2 Å². The van der Waals surface area contributed by atoms with Gasteiger partial charge in [0.05, 0.1) is 6.61 Å². The lowest BCUT2D eigenvalue weighted by molar-refractivity contribution is -0.141. The van der Waals surface area contributed by atoms with Gasteiger partial charge in [-0.25, -0.2) is 0 Å². The first kappa shape index (κ1) is 14.9. The predicted molar refractivity (Wildman–Crippen MR) is 68.3 cm³/mol. The van der Waals surface area contributed by atoms with Gasteiger partial charge < -0.3 is 4.74 Å². The molecule has 0 atom stereocenters. The zero-order valence-corrected chi connectivity index (χ0v) is 10.6. The van der Waals surface area contributed by atoms with Crippen molar-refractivity contribution in [3.63, 3.8) is 0 Å². The van der Waals surface area contributed by atoms with Gasteiger partial charge in [0.1, 0.15) is 0 Å². The van der Waals surface area contributed by atoms with Crippen LogP contribution in [0.2, 0.25) is 0 Å². The summed E-state index contributed by atoms with van der Waals surface area (Å²) in [5.41, 5.74) is 0. The molecule has 0 aromatic rings. The lowest BCUT2D eigenvalue weighted by Crippen LogP contribution is -1.99. The van der Waals surface area contributed by atoms with Gasteiger partial charge in [-0.3, -0.25) is 4.79 Å². The van der Waals surface area contributed by atoms with Crippen molar-refractivity contribution in [3.8, 4) is 0 Å². The Kier molecular flexibility index (Phi) is 11.2. The molecule has 0 aromatic carbocycles. The minimum Gasteiger partial charge on any atom is -0.466 e. The van der Waals surface area contributed by atoms with E-state index in [0.29, 0.717) is 6.61 Å². The lowest BCUT2D eigenvalue weighted by atomic mass is 10.2. The van der Waals surface area contributed by atoms with Gasteiger partial charge in [-0.1, -0.05) is 44.1 Å². The molecule has 0 fully saturated rings. The van der Waals surface area contributed by atoms with Crippen molar-refractivity contribution in [2.45, 2.75) is 52.4 Å². The van der Waals surface area contributed by atoms with Crippen LogP contribution >= 0.6 is 0 Å². The Hall–Kier alpha value is -1.05. The van der Waals surface area contributed by atoms with Crippen molar-refractivity contribution in [2.24, 2.45) is 0 Å². The topological polar surface area (TPSA) is 26.3 Å².